The van der Waals surface area contributed by atoms with Gasteiger partial charge in [-0.15, -0.1) is 0 Å². The average Bonchev–Trinajstić information content (AvgIpc) is 2.22. The van der Waals surface area contributed by atoms with Crippen LogP contribution in [-0.2, 0) is 4.79 Å². The molecule has 1 unspecified atom stereocenters. The van der Waals surface area contributed by atoms with E-state index in [4.69, 9.17) is 5.11 Å². The lowest BCUT2D eigenvalue weighted by molar-refractivity contribution is -0.138. The SMILES string of the molecule is CC(NC(=O)Nc1ccc(Br)cc1Br)C(=O)O. The van der Waals surface area contributed by atoms with Crippen molar-refractivity contribution in [1.29, 1.82) is 0 Å². The van der Waals surface area contributed by atoms with Crippen LogP contribution in [0.25, 0.3) is 0 Å². The molecule has 2 amide bonds. The number of benzene rings is 1. The first kappa shape index (κ1) is 14.0. The van der Waals surface area contributed by atoms with Gasteiger partial charge >= 0.3 is 12.0 Å². The number of aliphatic carboxylic acids is 1. The Morgan fingerprint density at radius 3 is 2.53 bits per heavy atom. The lowest BCUT2D eigenvalue weighted by atomic mass is 10.3. The summed E-state index contributed by atoms with van der Waals surface area (Å²) in [4.78, 5) is 22.0. The van der Waals surface area contributed by atoms with Gasteiger partial charge in [-0.05, 0) is 41.1 Å². The van der Waals surface area contributed by atoms with Gasteiger partial charge in [-0.2, -0.15) is 0 Å². The van der Waals surface area contributed by atoms with E-state index in [1.165, 1.54) is 6.92 Å². The van der Waals surface area contributed by atoms with E-state index in [9.17, 15) is 9.59 Å². The monoisotopic (exact) mass is 364 g/mol. The fourth-order valence-electron chi connectivity index (χ4n) is 1.01. The highest BCUT2D eigenvalue weighted by atomic mass is 79.9. The molecule has 0 radical (unpaired) electrons. The number of carboxylic acid groups (broad SMARTS) is 1. The van der Waals surface area contributed by atoms with Crippen LogP contribution in [0.5, 0.6) is 0 Å². The highest BCUT2D eigenvalue weighted by Gasteiger charge is 2.14. The fourth-order valence-corrected chi connectivity index (χ4v) is 2.15. The second-order valence-corrected chi connectivity index (χ2v) is 5.05. The normalized spacial score (nSPS) is 11.7. The maximum Gasteiger partial charge on any atom is 0.325 e. The summed E-state index contributed by atoms with van der Waals surface area (Å²) < 4.78 is 1.57. The number of halogens is 2. The van der Waals surface area contributed by atoms with Gasteiger partial charge in [0.25, 0.3) is 0 Å². The number of urea groups is 1. The van der Waals surface area contributed by atoms with Crippen molar-refractivity contribution in [3.8, 4) is 0 Å². The molecule has 0 spiro atoms. The minimum absolute atomic E-state index is 0.559. The van der Waals surface area contributed by atoms with Gasteiger partial charge in [0.2, 0.25) is 0 Å². The highest BCUT2D eigenvalue weighted by molar-refractivity contribution is 9.11. The molecule has 0 fully saturated rings. The Bertz CT molecular complexity index is 451. The van der Waals surface area contributed by atoms with Gasteiger partial charge in [0, 0.05) is 8.95 Å². The zero-order valence-electron chi connectivity index (χ0n) is 8.83. The van der Waals surface area contributed by atoms with Crippen LogP contribution in [0.4, 0.5) is 10.5 Å². The Balaban J connectivity index is 2.65. The van der Waals surface area contributed by atoms with E-state index in [1.54, 1.807) is 18.2 Å². The molecule has 17 heavy (non-hydrogen) atoms. The minimum Gasteiger partial charge on any atom is -0.480 e. The number of carboxylic acids is 1. The number of hydrogen-bond donors (Lipinski definition) is 3. The Labute approximate surface area is 115 Å². The predicted molar refractivity (Wildman–Crippen MR) is 71.1 cm³/mol. The number of anilines is 1. The van der Waals surface area contributed by atoms with E-state index in [0.29, 0.717) is 10.2 Å². The molecule has 92 valence electrons. The minimum atomic E-state index is -1.09. The largest absolute Gasteiger partial charge is 0.480 e. The maximum absolute atomic E-state index is 11.4. The summed E-state index contributed by atoms with van der Waals surface area (Å²) in [5.74, 6) is -1.09. The number of carbonyl (C=O) groups excluding carboxylic acids is 1. The molecule has 0 bridgehead atoms. The van der Waals surface area contributed by atoms with Crippen molar-refractivity contribution in [2.45, 2.75) is 13.0 Å². The van der Waals surface area contributed by atoms with Crippen LogP contribution in [0.3, 0.4) is 0 Å². The quantitative estimate of drug-likeness (QED) is 0.770. The van der Waals surface area contributed by atoms with Crippen molar-refractivity contribution < 1.29 is 14.7 Å². The summed E-state index contributed by atoms with van der Waals surface area (Å²) in [6.07, 6.45) is 0. The third kappa shape index (κ3) is 4.35. The first-order valence-electron chi connectivity index (χ1n) is 4.65. The van der Waals surface area contributed by atoms with Gasteiger partial charge < -0.3 is 15.7 Å². The van der Waals surface area contributed by atoms with E-state index < -0.39 is 18.0 Å². The Hall–Kier alpha value is -1.08. The van der Waals surface area contributed by atoms with Gasteiger partial charge in [-0.3, -0.25) is 4.79 Å². The van der Waals surface area contributed by atoms with Crippen LogP contribution >= 0.6 is 31.9 Å². The van der Waals surface area contributed by atoms with Crippen molar-refractivity contribution in [2.75, 3.05) is 5.32 Å². The van der Waals surface area contributed by atoms with E-state index in [-0.39, 0.29) is 0 Å². The van der Waals surface area contributed by atoms with E-state index in [1.807, 2.05) is 0 Å². The van der Waals surface area contributed by atoms with Crippen LogP contribution in [0.1, 0.15) is 6.92 Å². The lowest BCUT2D eigenvalue weighted by Gasteiger charge is -2.11. The summed E-state index contributed by atoms with van der Waals surface area (Å²) in [5, 5.41) is 13.5. The Kier molecular flexibility index (Phi) is 4.95. The van der Waals surface area contributed by atoms with E-state index >= 15 is 0 Å². The number of rotatable bonds is 3. The molecule has 0 aliphatic carbocycles. The maximum atomic E-state index is 11.4. The van der Waals surface area contributed by atoms with Crippen LogP contribution < -0.4 is 10.6 Å². The number of hydrogen-bond acceptors (Lipinski definition) is 2. The summed E-state index contributed by atoms with van der Waals surface area (Å²) >= 11 is 6.57. The molecule has 1 rings (SSSR count). The molecule has 5 nitrogen and oxygen atoms in total. The molecule has 7 heteroatoms. The zero-order chi connectivity index (χ0) is 13.0. The summed E-state index contributed by atoms with van der Waals surface area (Å²) in [6, 6.07) is 3.73. The number of nitrogens with one attached hydrogen (secondary N) is 2. The molecule has 0 saturated carbocycles. The van der Waals surface area contributed by atoms with E-state index in [0.717, 1.165) is 4.47 Å². The molecular formula is C10H10Br2N2O3. The molecule has 0 aliphatic rings. The smallest absolute Gasteiger partial charge is 0.325 e. The van der Waals surface area contributed by atoms with Crippen LogP contribution in [0, 0.1) is 0 Å². The molecule has 0 aromatic heterocycles. The lowest BCUT2D eigenvalue weighted by Crippen LogP contribution is -2.40. The molecule has 0 saturated heterocycles. The Morgan fingerprint density at radius 1 is 1.35 bits per heavy atom. The second-order valence-electron chi connectivity index (χ2n) is 3.28. The third-order valence-electron chi connectivity index (χ3n) is 1.90. The number of carbonyl (C=O) groups is 2. The van der Waals surface area contributed by atoms with Gasteiger partial charge in [0.1, 0.15) is 6.04 Å². The Morgan fingerprint density at radius 2 is 2.00 bits per heavy atom. The van der Waals surface area contributed by atoms with Gasteiger partial charge in [0.05, 0.1) is 5.69 Å². The van der Waals surface area contributed by atoms with Gasteiger partial charge in [-0.25, -0.2) is 4.79 Å². The molecular weight excluding hydrogens is 356 g/mol. The van der Waals surface area contributed by atoms with Crippen LogP contribution in [0.15, 0.2) is 27.1 Å². The average molecular weight is 366 g/mol. The van der Waals surface area contributed by atoms with Crippen molar-refractivity contribution in [2.24, 2.45) is 0 Å². The van der Waals surface area contributed by atoms with Crippen LogP contribution in [-0.4, -0.2) is 23.1 Å². The molecule has 0 heterocycles. The number of amides is 2. The van der Waals surface area contributed by atoms with Gasteiger partial charge in [-0.1, -0.05) is 15.9 Å². The van der Waals surface area contributed by atoms with Crippen LogP contribution in [0.2, 0.25) is 0 Å². The third-order valence-corrected chi connectivity index (χ3v) is 3.05. The molecule has 1 aromatic rings. The molecule has 1 aromatic carbocycles. The highest BCUT2D eigenvalue weighted by Crippen LogP contribution is 2.25. The molecule has 3 N–H and O–H groups in total. The first-order valence-corrected chi connectivity index (χ1v) is 6.24. The van der Waals surface area contributed by atoms with Crippen molar-refractivity contribution in [3.05, 3.63) is 27.1 Å². The zero-order valence-corrected chi connectivity index (χ0v) is 12.0. The molecule has 1 atom stereocenters. The predicted octanol–water partition coefficient (Wildman–Crippen LogP) is 2.81. The van der Waals surface area contributed by atoms with Crippen molar-refractivity contribution in [1.82, 2.24) is 5.32 Å². The molecule has 0 aliphatic heterocycles. The van der Waals surface area contributed by atoms with Crippen molar-refractivity contribution in [3.63, 3.8) is 0 Å². The van der Waals surface area contributed by atoms with Crippen molar-refractivity contribution >= 4 is 49.5 Å². The van der Waals surface area contributed by atoms with E-state index in [2.05, 4.69) is 42.5 Å². The first-order chi connectivity index (χ1) is 7.90. The topological polar surface area (TPSA) is 78.4 Å². The summed E-state index contributed by atoms with van der Waals surface area (Å²) in [6.45, 7) is 1.39. The summed E-state index contributed by atoms with van der Waals surface area (Å²) in [5.41, 5.74) is 0.559. The summed E-state index contributed by atoms with van der Waals surface area (Å²) in [7, 11) is 0. The second kappa shape index (κ2) is 6.02. The van der Waals surface area contributed by atoms with Gasteiger partial charge in [0.15, 0.2) is 0 Å². The fraction of sp³-hybridized carbons (Fsp3) is 0.200. The standard InChI is InChI=1S/C10H10Br2N2O3/c1-5(9(15)16)13-10(17)14-8-3-2-6(11)4-7(8)12/h2-5H,1H3,(H,15,16)(H2,13,14,17).